The van der Waals surface area contributed by atoms with Crippen LogP contribution in [0.2, 0.25) is 0 Å². The predicted octanol–water partition coefficient (Wildman–Crippen LogP) is 1.03. The molecule has 1 rings (SSSR count). The Morgan fingerprint density at radius 3 is 2.92 bits per heavy atom. The van der Waals surface area contributed by atoms with Crippen molar-refractivity contribution in [2.75, 3.05) is 33.7 Å². The molecule has 1 atom stereocenters. The third-order valence-corrected chi connectivity index (χ3v) is 2.54. The van der Waals surface area contributed by atoms with Gasteiger partial charge in [0.25, 0.3) is 0 Å². The van der Waals surface area contributed by atoms with E-state index in [0.29, 0.717) is 13.0 Å². The number of hydrogen-bond donors (Lipinski definition) is 1. The molecule has 0 spiro atoms. The van der Waals surface area contributed by atoms with Crippen LogP contribution in [0, 0.1) is 0 Å². The second kappa shape index (κ2) is 4.19. The van der Waals surface area contributed by atoms with Crippen LogP contribution in [0.4, 0.5) is 4.39 Å². The monoisotopic (exact) mass is 174 g/mol. The molecule has 1 unspecified atom stereocenters. The first-order valence-electron chi connectivity index (χ1n) is 4.68. The third kappa shape index (κ3) is 2.72. The predicted molar refractivity (Wildman–Crippen MR) is 49.1 cm³/mol. The van der Waals surface area contributed by atoms with E-state index in [1.807, 2.05) is 14.1 Å². The summed E-state index contributed by atoms with van der Waals surface area (Å²) in [5.74, 6) is 0. The van der Waals surface area contributed by atoms with Gasteiger partial charge in [-0.1, -0.05) is 0 Å². The van der Waals surface area contributed by atoms with E-state index in [1.165, 1.54) is 0 Å². The molecule has 1 aliphatic rings. The van der Waals surface area contributed by atoms with Gasteiger partial charge in [0.05, 0.1) is 0 Å². The van der Waals surface area contributed by atoms with Crippen molar-refractivity contribution in [2.45, 2.75) is 24.9 Å². The summed E-state index contributed by atoms with van der Waals surface area (Å²) in [6.07, 6.45) is 2.38. The molecule has 0 aromatic rings. The Morgan fingerprint density at radius 1 is 1.58 bits per heavy atom. The summed E-state index contributed by atoms with van der Waals surface area (Å²) < 4.78 is 13.9. The molecule has 0 amide bonds. The summed E-state index contributed by atoms with van der Waals surface area (Å²) in [5.41, 5.74) is -0.935. The molecule has 0 radical (unpaired) electrons. The second-order valence-corrected chi connectivity index (χ2v) is 3.85. The van der Waals surface area contributed by atoms with Gasteiger partial charge in [0.15, 0.2) is 0 Å². The minimum atomic E-state index is -0.935. The van der Waals surface area contributed by atoms with Crippen LogP contribution in [0.3, 0.4) is 0 Å². The third-order valence-electron chi connectivity index (χ3n) is 2.54. The van der Waals surface area contributed by atoms with Crippen molar-refractivity contribution in [1.29, 1.82) is 0 Å². The number of nitrogens with zero attached hydrogens (tertiary/aromatic N) is 1. The average molecular weight is 174 g/mol. The summed E-state index contributed by atoms with van der Waals surface area (Å²) >= 11 is 0. The first-order chi connectivity index (χ1) is 5.66. The molecule has 1 fully saturated rings. The van der Waals surface area contributed by atoms with Crippen LogP contribution in [0.5, 0.6) is 0 Å². The maximum atomic E-state index is 13.9. The van der Waals surface area contributed by atoms with E-state index in [9.17, 15) is 4.39 Å². The molecule has 0 aromatic carbocycles. The van der Waals surface area contributed by atoms with Crippen LogP contribution < -0.4 is 5.32 Å². The van der Waals surface area contributed by atoms with E-state index in [1.54, 1.807) is 0 Å². The fourth-order valence-electron chi connectivity index (χ4n) is 1.86. The Kier molecular flexibility index (Phi) is 3.47. The van der Waals surface area contributed by atoms with Gasteiger partial charge >= 0.3 is 0 Å². The lowest BCUT2D eigenvalue weighted by molar-refractivity contribution is 0.0516. The van der Waals surface area contributed by atoms with Gasteiger partial charge in [-0.2, -0.15) is 0 Å². The van der Waals surface area contributed by atoms with Crippen LogP contribution in [0.1, 0.15) is 19.3 Å². The molecule has 1 saturated heterocycles. The zero-order chi connectivity index (χ0) is 9.03. The van der Waals surface area contributed by atoms with Gasteiger partial charge in [0.2, 0.25) is 0 Å². The number of alkyl halides is 1. The van der Waals surface area contributed by atoms with Crippen LogP contribution >= 0.6 is 0 Å². The van der Waals surface area contributed by atoms with Crippen LogP contribution in [-0.2, 0) is 0 Å². The smallest absolute Gasteiger partial charge is 0.124 e. The molecule has 2 nitrogen and oxygen atoms in total. The molecule has 0 aliphatic carbocycles. The molecule has 1 heterocycles. The number of piperidine rings is 1. The Hall–Kier alpha value is -0.150. The number of hydrogen-bond acceptors (Lipinski definition) is 2. The summed E-state index contributed by atoms with van der Waals surface area (Å²) in [5, 5.41) is 3.00. The maximum Gasteiger partial charge on any atom is 0.124 e. The topological polar surface area (TPSA) is 15.3 Å². The SMILES string of the molecule is CNCCC1(F)CCCN(C)C1. The standard InChI is InChI=1S/C9H19FN2/c1-11-6-5-9(10)4-3-7-12(2)8-9/h11H,3-8H2,1-2H3. The minimum absolute atomic E-state index is 0.606. The van der Waals surface area contributed by atoms with E-state index in [0.717, 1.165) is 25.9 Å². The first kappa shape index (κ1) is 9.93. The lowest BCUT2D eigenvalue weighted by Crippen LogP contribution is -2.44. The summed E-state index contributed by atoms with van der Waals surface area (Å²) in [6.45, 7) is 2.43. The second-order valence-electron chi connectivity index (χ2n) is 3.85. The Labute approximate surface area is 74.1 Å². The lowest BCUT2D eigenvalue weighted by atomic mass is 9.92. The number of likely N-dealkylation sites (tertiary alicyclic amines) is 1. The molecule has 12 heavy (non-hydrogen) atoms. The highest BCUT2D eigenvalue weighted by Gasteiger charge is 2.33. The van der Waals surface area contributed by atoms with Crippen molar-refractivity contribution < 1.29 is 4.39 Å². The number of rotatable bonds is 3. The highest BCUT2D eigenvalue weighted by molar-refractivity contribution is 4.86. The van der Waals surface area contributed by atoms with Gasteiger partial charge in [-0.3, -0.25) is 0 Å². The van der Waals surface area contributed by atoms with Crippen molar-refractivity contribution in [3.05, 3.63) is 0 Å². The van der Waals surface area contributed by atoms with Gasteiger partial charge in [-0.05, 0) is 46.4 Å². The normalized spacial score (nSPS) is 32.2. The Morgan fingerprint density at radius 2 is 2.33 bits per heavy atom. The largest absolute Gasteiger partial charge is 0.320 e. The molecule has 3 heteroatoms. The van der Waals surface area contributed by atoms with Crippen LogP contribution in [0.25, 0.3) is 0 Å². The molecule has 1 N–H and O–H groups in total. The zero-order valence-electron chi connectivity index (χ0n) is 8.07. The quantitative estimate of drug-likeness (QED) is 0.687. The highest BCUT2D eigenvalue weighted by atomic mass is 19.1. The van der Waals surface area contributed by atoms with Gasteiger partial charge in [-0.25, -0.2) is 4.39 Å². The molecule has 1 aliphatic heterocycles. The van der Waals surface area contributed by atoms with E-state index in [-0.39, 0.29) is 0 Å². The first-order valence-corrected chi connectivity index (χ1v) is 4.68. The summed E-state index contributed by atoms with van der Waals surface area (Å²) in [6, 6.07) is 0. The average Bonchev–Trinajstić information content (AvgIpc) is 2.01. The maximum absolute atomic E-state index is 13.9. The van der Waals surface area contributed by atoms with Crippen molar-refractivity contribution in [1.82, 2.24) is 10.2 Å². The van der Waals surface area contributed by atoms with Crippen molar-refractivity contribution in [3.63, 3.8) is 0 Å². The molecular weight excluding hydrogens is 155 g/mol. The van der Waals surface area contributed by atoms with Gasteiger partial charge in [-0.15, -0.1) is 0 Å². The highest BCUT2D eigenvalue weighted by Crippen LogP contribution is 2.27. The minimum Gasteiger partial charge on any atom is -0.320 e. The number of nitrogens with one attached hydrogen (secondary N) is 1. The lowest BCUT2D eigenvalue weighted by Gasteiger charge is -2.35. The van der Waals surface area contributed by atoms with E-state index in [2.05, 4.69) is 10.2 Å². The Balaban J connectivity index is 2.35. The summed E-state index contributed by atoms with van der Waals surface area (Å²) in [7, 11) is 3.86. The number of halogens is 1. The van der Waals surface area contributed by atoms with Gasteiger partial charge < -0.3 is 10.2 Å². The van der Waals surface area contributed by atoms with Crippen LogP contribution in [0.15, 0.2) is 0 Å². The molecule has 0 saturated carbocycles. The van der Waals surface area contributed by atoms with Gasteiger partial charge in [0, 0.05) is 6.54 Å². The molecular formula is C9H19FN2. The van der Waals surface area contributed by atoms with E-state index in [4.69, 9.17) is 0 Å². The summed E-state index contributed by atoms with van der Waals surface area (Å²) in [4.78, 5) is 2.08. The fourth-order valence-corrected chi connectivity index (χ4v) is 1.86. The molecule has 72 valence electrons. The van der Waals surface area contributed by atoms with Crippen LogP contribution in [-0.4, -0.2) is 44.3 Å². The van der Waals surface area contributed by atoms with Crippen molar-refractivity contribution in [2.24, 2.45) is 0 Å². The Bertz CT molecular complexity index is 140. The van der Waals surface area contributed by atoms with Crippen molar-refractivity contribution in [3.8, 4) is 0 Å². The molecule has 0 aromatic heterocycles. The van der Waals surface area contributed by atoms with E-state index >= 15 is 0 Å². The fraction of sp³-hybridized carbons (Fsp3) is 1.00. The molecule has 0 bridgehead atoms. The van der Waals surface area contributed by atoms with Crippen molar-refractivity contribution >= 4 is 0 Å². The van der Waals surface area contributed by atoms with E-state index < -0.39 is 5.67 Å². The zero-order valence-corrected chi connectivity index (χ0v) is 8.07. The van der Waals surface area contributed by atoms with Gasteiger partial charge in [0.1, 0.15) is 5.67 Å².